The maximum absolute atomic E-state index is 12.6. The zero-order valence-electron chi connectivity index (χ0n) is 13.8. The normalized spacial score (nSPS) is 16.5. The molecule has 0 aliphatic carbocycles. The predicted molar refractivity (Wildman–Crippen MR) is 97.8 cm³/mol. The number of carbonyl (C=O) groups is 3. The van der Waals surface area contributed by atoms with Gasteiger partial charge in [-0.3, -0.25) is 14.4 Å². The molecule has 0 spiro atoms. The van der Waals surface area contributed by atoms with E-state index in [4.69, 9.17) is 0 Å². The van der Waals surface area contributed by atoms with Crippen molar-refractivity contribution in [3.8, 4) is 0 Å². The number of hydrogen-bond acceptors (Lipinski definition) is 4. The van der Waals surface area contributed by atoms with Crippen molar-refractivity contribution in [3.05, 3.63) is 46.7 Å². The number of thiophene rings is 1. The first-order valence-corrected chi connectivity index (χ1v) is 8.95. The van der Waals surface area contributed by atoms with Crippen molar-refractivity contribution in [1.29, 1.82) is 0 Å². The summed E-state index contributed by atoms with van der Waals surface area (Å²) in [5.74, 6) is -0.422. The van der Waals surface area contributed by atoms with Crippen LogP contribution in [0.25, 0.3) is 0 Å². The SMILES string of the molecule is CC(=O)Nc1ccc(NC(=O)[C@@H]2CCCN2C(=O)c2cccs2)cc1. The second-order valence-electron chi connectivity index (χ2n) is 5.88. The van der Waals surface area contributed by atoms with E-state index in [2.05, 4.69) is 10.6 Å². The fourth-order valence-electron chi connectivity index (χ4n) is 2.89. The van der Waals surface area contributed by atoms with Crippen molar-refractivity contribution >= 4 is 40.4 Å². The van der Waals surface area contributed by atoms with Crippen LogP contribution in [0.15, 0.2) is 41.8 Å². The van der Waals surface area contributed by atoms with Gasteiger partial charge in [0.25, 0.3) is 5.91 Å². The average molecular weight is 357 g/mol. The second-order valence-corrected chi connectivity index (χ2v) is 6.83. The Morgan fingerprint density at radius 2 is 1.76 bits per heavy atom. The van der Waals surface area contributed by atoms with Crippen molar-refractivity contribution in [2.45, 2.75) is 25.8 Å². The van der Waals surface area contributed by atoms with Crippen LogP contribution in [0.3, 0.4) is 0 Å². The van der Waals surface area contributed by atoms with Crippen molar-refractivity contribution in [2.24, 2.45) is 0 Å². The molecule has 2 N–H and O–H groups in total. The number of carbonyl (C=O) groups excluding carboxylic acids is 3. The van der Waals surface area contributed by atoms with E-state index in [1.165, 1.54) is 18.3 Å². The number of benzene rings is 1. The Bertz CT molecular complexity index is 771. The van der Waals surface area contributed by atoms with E-state index < -0.39 is 6.04 Å². The molecule has 1 atom stereocenters. The fourth-order valence-corrected chi connectivity index (χ4v) is 3.57. The molecule has 3 amide bonds. The Hall–Kier alpha value is -2.67. The van der Waals surface area contributed by atoms with E-state index in [-0.39, 0.29) is 17.7 Å². The topological polar surface area (TPSA) is 78.5 Å². The smallest absolute Gasteiger partial charge is 0.264 e. The minimum atomic E-state index is -0.454. The molecule has 1 aromatic heterocycles. The molecule has 130 valence electrons. The third kappa shape index (κ3) is 4.06. The van der Waals surface area contributed by atoms with Gasteiger partial charge in [-0.2, -0.15) is 0 Å². The van der Waals surface area contributed by atoms with Crippen LogP contribution in [-0.4, -0.2) is 35.2 Å². The second kappa shape index (κ2) is 7.48. The summed E-state index contributed by atoms with van der Waals surface area (Å²) in [4.78, 5) is 38.5. The summed E-state index contributed by atoms with van der Waals surface area (Å²) in [6, 6.07) is 10.1. The van der Waals surface area contributed by atoms with Crippen molar-refractivity contribution in [1.82, 2.24) is 4.90 Å². The Balaban J connectivity index is 1.65. The van der Waals surface area contributed by atoms with Gasteiger partial charge in [0.2, 0.25) is 11.8 Å². The Morgan fingerprint density at radius 3 is 2.36 bits per heavy atom. The number of amides is 3. The highest BCUT2D eigenvalue weighted by Crippen LogP contribution is 2.23. The van der Waals surface area contributed by atoms with Crippen molar-refractivity contribution in [2.75, 3.05) is 17.2 Å². The van der Waals surface area contributed by atoms with Gasteiger partial charge in [-0.05, 0) is 48.6 Å². The Kier molecular flexibility index (Phi) is 5.14. The van der Waals surface area contributed by atoms with Gasteiger partial charge in [-0.15, -0.1) is 11.3 Å². The maximum Gasteiger partial charge on any atom is 0.264 e. The molecular formula is C18H19N3O3S. The summed E-state index contributed by atoms with van der Waals surface area (Å²) in [6.45, 7) is 2.03. The van der Waals surface area contributed by atoms with E-state index in [0.29, 0.717) is 29.2 Å². The summed E-state index contributed by atoms with van der Waals surface area (Å²) in [7, 11) is 0. The highest BCUT2D eigenvalue weighted by molar-refractivity contribution is 7.12. The van der Waals surface area contributed by atoms with Gasteiger partial charge in [0.05, 0.1) is 4.88 Å². The van der Waals surface area contributed by atoms with Gasteiger partial charge in [-0.25, -0.2) is 0 Å². The highest BCUT2D eigenvalue weighted by atomic mass is 32.1. The number of nitrogens with zero attached hydrogens (tertiary/aromatic N) is 1. The van der Waals surface area contributed by atoms with Gasteiger partial charge in [0.1, 0.15) is 6.04 Å². The Morgan fingerprint density at radius 1 is 1.08 bits per heavy atom. The molecule has 1 saturated heterocycles. The maximum atomic E-state index is 12.6. The molecule has 0 bridgehead atoms. The lowest BCUT2D eigenvalue weighted by atomic mass is 10.2. The first kappa shape index (κ1) is 17.2. The van der Waals surface area contributed by atoms with Crippen LogP contribution in [0.1, 0.15) is 29.4 Å². The summed E-state index contributed by atoms with van der Waals surface area (Å²) in [5.41, 5.74) is 1.30. The quantitative estimate of drug-likeness (QED) is 0.883. The first-order valence-electron chi connectivity index (χ1n) is 8.07. The average Bonchev–Trinajstić information content (AvgIpc) is 3.27. The van der Waals surface area contributed by atoms with Crippen LogP contribution >= 0.6 is 11.3 Å². The number of hydrogen-bond donors (Lipinski definition) is 2. The zero-order valence-corrected chi connectivity index (χ0v) is 14.6. The number of rotatable bonds is 4. The lowest BCUT2D eigenvalue weighted by molar-refractivity contribution is -0.119. The molecule has 7 heteroatoms. The first-order chi connectivity index (χ1) is 12.0. The zero-order chi connectivity index (χ0) is 17.8. The number of likely N-dealkylation sites (tertiary alicyclic amines) is 1. The largest absolute Gasteiger partial charge is 0.326 e. The van der Waals surface area contributed by atoms with Gasteiger partial charge < -0.3 is 15.5 Å². The lowest BCUT2D eigenvalue weighted by Crippen LogP contribution is -2.42. The third-order valence-corrected chi connectivity index (χ3v) is 4.88. The van der Waals surface area contributed by atoms with Crippen LogP contribution in [0, 0.1) is 0 Å². The molecule has 0 saturated carbocycles. The molecule has 25 heavy (non-hydrogen) atoms. The van der Waals surface area contributed by atoms with Gasteiger partial charge in [0.15, 0.2) is 0 Å². The van der Waals surface area contributed by atoms with Crippen LogP contribution in [-0.2, 0) is 9.59 Å². The third-order valence-electron chi connectivity index (χ3n) is 4.02. The van der Waals surface area contributed by atoms with Crippen molar-refractivity contribution < 1.29 is 14.4 Å². The van der Waals surface area contributed by atoms with E-state index >= 15 is 0 Å². The monoisotopic (exact) mass is 357 g/mol. The molecular weight excluding hydrogens is 338 g/mol. The number of anilines is 2. The minimum absolute atomic E-state index is 0.0892. The predicted octanol–water partition coefficient (Wildman–Crippen LogP) is 2.95. The molecule has 6 nitrogen and oxygen atoms in total. The van der Waals surface area contributed by atoms with Crippen molar-refractivity contribution in [3.63, 3.8) is 0 Å². The number of nitrogens with one attached hydrogen (secondary N) is 2. The van der Waals surface area contributed by atoms with Gasteiger partial charge in [-0.1, -0.05) is 6.07 Å². The molecule has 2 aromatic rings. The van der Waals surface area contributed by atoms with Crippen LogP contribution in [0.5, 0.6) is 0 Å². The summed E-state index contributed by atoms with van der Waals surface area (Å²) < 4.78 is 0. The van der Waals surface area contributed by atoms with Gasteiger partial charge in [0, 0.05) is 24.8 Å². The molecule has 1 aliphatic rings. The summed E-state index contributed by atoms with van der Waals surface area (Å²) in [6.07, 6.45) is 1.48. The molecule has 3 rings (SSSR count). The van der Waals surface area contributed by atoms with E-state index in [0.717, 1.165) is 6.42 Å². The standard InChI is InChI=1S/C18H19N3O3S/c1-12(22)19-13-6-8-14(9-7-13)20-17(23)15-4-2-10-21(15)18(24)16-5-3-11-25-16/h3,5-9,11,15H,2,4,10H2,1H3,(H,19,22)(H,20,23)/t15-/m0/s1. The van der Waals surface area contributed by atoms with E-state index in [1.54, 1.807) is 35.2 Å². The molecule has 1 fully saturated rings. The lowest BCUT2D eigenvalue weighted by Gasteiger charge is -2.23. The van der Waals surface area contributed by atoms with Crippen LogP contribution in [0.4, 0.5) is 11.4 Å². The fraction of sp³-hybridized carbons (Fsp3) is 0.278. The minimum Gasteiger partial charge on any atom is -0.326 e. The molecule has 0 radical (unpaired) electrons. The van der Waals surface area contributed by atoms with Gasteiger partial charge >= 0.3 is 0 Å². The van der Waals surface area contributed by atoms with Crippen LogP contribution in [0.2, 0.25) is 0 Å². The molecule has 0 unspecified atom stereocenters. The van der Waals surface area contributed by atoms with E-state index in [9.17, 15) is 14.4 Å². The van der Waals surface area contributed by atoms with Crippen LogP contribution < -0.4 is 10.6 Å². The highest BCUT2D eigenvalue weighted by Gasteiger charge is 2.34. The summed E-state index contributed by atoms with van der Waals surface area (Å²) in [5, 5.41) is 7.38. The van der Waals surface area contributed by atoms with E-state index in [1.807, 2.05) is 11.4 Å². The molecule has 2 heterocycles. The molecule has 1 aromatic carbocycles. The Labute approximate surface area is 149 Å². The molecule has 1 aliphatic heterocycles. The summed E-state index contributed by atoms with van der Waals surface area (Å²) >= 11 is 1.38.